The molecule has 19 heteroatoms. The van der Waals surface area contributed by atoms with Crippen LogP contribution in [0, 0.1) is 5.21 Å². The number of phenols is 1. The Kier molecular flexibility index (Phi) is 10.9. The van der Waals surface area contributed by atoms with Gasteiger partial charge >= 0.3 is 0 Å². The van der Waals surface area contributed by atoms with E-state index in [0.29, 0.717) is 28.2 Å². The van der Waals surface area contributed by atoms with Gasteiger partial charge in [-0.1, -0.05) is 46.3 Å². The Bertz CT molecular complexity index is 2390. The van der Waals surface area contributed by atoms with Crippen LogP contribution in [-0.2, 0) is 29.6 Å². The van der Waals surface area contributed by atoms with E-state index < -0.39 is 41.5 Å². The molecule has 0 saturated heterocycles. The van der Waals surface area contributed by atoms with E-state index in [-0.39, 0.29) is 32.6 Å². The molecule has 0 bridgehead atoms. The van der Waals surface area contributed by atoms with Crippen LogP contribution in [0.25, 0.3) is 22.9 Å². The summed E-state index contributed by atoms with van der Waals surface area (Å²) in [5.41, 5.74) is 0.989. The minimum atomic E-state index is -4.95. The fourth-order valence-corrected chi connectivity index (χ4v) is 6.53. The van der Waals surface area contributed by atoms with Crippen LogP contribution in [0.2, 0.25) is 0 Å². The van der Waals surface area contributed by atoms with Crippen molar-refractivity contribution in [3.8, 4) is 5.75 Å². The van der Waals surface area contributed by atoms with E-state index in [1.54, 1.807) is 12.1 Å². The van der Waals surface area contributed by atoms with Crippen LogP contribution >= 0.6 is 12.0 Å². The number of aromatic hydroxyl groups is 1. The molecule has 0 amide bonds. The fraction of sp³-hybridized carbons (Fsp3) is 0.0323. The summed E-state index contributed by atoms with van der Waals surface area (Å²) >= 11 is 0.536. The van der Waals surface area contributed by atoms with Crippen molar-refractivity contribution in [2.45, 2.75) is 14.7 Å². The van der Waals surface area contributed by atoms with Crippen LogP contribution in [0.4, 0.5) is 28.4 Å². The molecule has 258 valence electrons. The summed E-state index contributed by atoms with van der Waals surface area (Å²) in [5, 5.41) is 49.9. The highest BCUT2D eigenvalue weighted by molar-refractivity contribution is 7.94. The van der Waals surface area contributed by atoms with Crippen LogP contribution in [0.5, 0.6) is 5.75 Å². The van der Waals surface area contributed by atoms with Crippen molar-refractivity contribution in [2.24, 2.45) is 15.3 Å². The van der Waals surface area contributed by atoms with E-state index in [9.17, 15) is 36.3 Å². The zero-order valence-corrected chi connectivity index (χ0v) is 27.9. The molecule has 0 aliphatic carbocycles. The smallest absolute Gasteiger partial charge is 0.296 e. The van der Waals surface area contributed by atoms with Gasteiger partial charge in [0.05, 0.1) is 29.7 Å². The highest BCUT2D eigenvalue weighted by atomic mass is 32.2. The van der Waals surface area contributed by atoms with Gasteiger partial charge in [-0.2, -0.15) is 21.9 Å². The van der Waals surface area contributed by atoms with Crippen molar-refractivity contribution in [1.82, 2.24) is 0 Å². The number of para-hydroxylation sites is 1. The first-order valence-electron chi connectivity index (χ1n) is 13.9. The molecule has 0 atom stereocenters. The number of phenolic OH excluding ortho intramolecular Hbond substituents is 1. The first kappa shape index (κ1) is 36.0. The summed E-state index contributed by atoms with van der Waals surface area (Å²) in [4.78, 5) is -0.791. The number of fused-ring (bicyclic) bond motifs is 1. The molecule has 5 N–H and O–H groups in total. The number of hydrogen-bond acceptors (Lipinski definition) is 14. The molecule has 0 spiro atoms. The zero-order valence-electron chi connectivity index (χ0n) is 25.5. The molecule has 0 aromatic heterocycles. The Morgan fingerprint density at radius 2 is 1.52 bits per heavy atom. The van der Waals surface area contributed by atoms with E-state index in [0.717, 1.165) is 17.8 Å². The Morgan fingerprint density at radius 3 is 2.20 bits per heavy atom. The third-order valence-electron chi connectivity index (χ3n) is 6.93. The van der Waals surface area contributed by atoms with Gasteiger partial charge in [0.1, 0.15) is 15.5 Å². The molecule has 50 heavy (non-hydrogen) atoms. The van der Waals surface area contributed by atoms with Gasteiger partial charge in [-0.15, -0.1) is 9.45 Å². The predicted octanol–water partition coefficient (Wildman–Crippen LogP) is 8.02. The lowest BCUT2D eigenvalue weighted by Crippen LogP contribution is -2.00. The van der Waals surface area contributed by atoms with E-state index in [1.807, 2.05) is 30.3 Å². The van der Waals surface area contributed by atoms with Gasteiger partial charge in [0.25, 0.3) is 20.2 Å². The van der Waals surface area contributed by atoms with Crippen LogP contribution in [-0.4, -0.2) is 48.2 Å². The summed E-state index contributed by atoms with van der Waals surface area (Å²) < 4.78 is 73.9. The second kappa shape index (κ2) is 15.1. The maximum atomic E-state index is 12.4. The average molecular weight is 740 g/mol. The fourth-order valence-electron chi connectivity index (χ4n) is 4.66. The monoisotopic (exact) mass is 739 g/mol. The highest BCUT2D eigenvalue weighted by Crippen LogP contribution is 2.42. The Hall–Kier alpha value is -5.25. The molecule has 0 unspecified atom stereocenters. The van der Waals surface area contributed by atoms with Gasteiger partial charge in [-0.05, 0) is 76.2 Å². The van der Waals surface area contributed by atoms with Crippen molar-refractivity contribution >= 4 is 83.6 Å². The second-order valence-corrected chi connectivity index (χ2v) is 13.6. The van der Waals surface area contributed by atoms with Crippen LogP contribution < -0.4 is 5.32 Å². The lowest BCUT2D eigenvalue weighted by molar-refractivity contribution is -0.440. The second-order valence-electron chi connectivity index (χ2n) is 10.1. The molecular formula is C31H25N5O11S3. The van der Waals surface area contributed by atoms with Gasteiger partial charge in [-0.3, -0.25) is 9.11 Å². The summed E-state index contributed by atoms with van der Waals surface area (Å²) in [6, 6.07) is 22.7. The number of nitrogens with one attached hydrogen (secondary N) is 1. The SMILES string of the molecule is CN=[N+]([O-])c1ccc(/C=C/c2ccc(N=Nc3c(S(=O)(=O)O)cc4cc(Nc5ccccc5)ccc4c3O)cc2S(=O)(=O)O)c(SOOO)c1. The standard InChI is InChI=1S/C31H25N5O11S3/c1-32-36(38)25-13-10-19(27(18-25)48-47-46-39)7-8-20-9-11-24(17-28(20)49(40,41)42)34-35-30-29(50(43,44)45)16-21-15-23(12-14-26(21)31(30)37)33-22-5-3-2-4-6-22/h2-18,33,37,39H,1H3,(H,40,41,42)(H,43,44,45)/b8-7+,35-34?,36-32?. The molecule has 0 fully saturated rings. The van der Waals surface area contributed by atoms with Gasteiger partial charge in [0, 0.05) is 28.9 Å². The molecule has 0 aliphatic heterocycles. The van der Waals surface area contributed by atoms with Gasteiger partial charge in [-0.25, -0.2) is 5.26 Å². The molecule has 5 aromatic carbocycles. The summed E-state index contributed by atoms with van der Waals surface area (Å²) in [5.74, 6) is -0.623. The lowest BCUT2D eigenvalue weighted by Gasteiger charge is -2.11. The number of azo groups is 2. The predicted molar refractivity (Wildman–Crippen MR) is 183 cm³/mol. The third-order valence-corrected chi connectivity index (χ3v) is 9.37. The molecule has 0 aliphatic rings. The Balaban J connectivity index is 1.51. The molecular weight excluding hydrogens is 715 g/mol. The Morgan fingerprint density at radius 1 is 0.820 bits per heavy atom. The molecule has 5 rings (SSSR count). The molecule has 16 nitrogen and oxygen atoms in total. The highest BCUT2D eigenvalue weighted by Gasteiger charge is 2.23. The topological polar surface area (TPSA) is 243 Å². The minimum absolute atomic E-state index is 0.0214. The van der Waals surface area contributed by atoms with Crippen molar-refractivity contribution in [2.75, 3.05) is 12.4 Å². The van der Waals surface area contributed by atoms with Crippen LogP contribution in [0.15, 0.2) is 121 Å². The normalized spacial score (nSPS) is 12.7. The van der Waals surface area contributed by atoms with Gasteiger partial charge in [0.2, 0.25) is 5.69 Å². The van der Waals surface area contributed by atoms with E-state index in [2.05, 4.69) is 30.0 Å². The zero-order chi connectivity index (χ0) is 36.1. The average Bonchev–Trinajstić information content (AvgIpc) is 3.08. The van der Waals surface area contributed by atoms with E-state index in [4.69, 9.17) is 5.26 Å². The summed E-state index contributed by atoms with van der Waals surface area (Å²) in [6.45, 7) is 0. The van der Waals surface area contributed by atoms with Crippen molar-refractivity contribution < 1.29 is 50.5 Å². The third kappa shape index (κ3) is 8.48. The maximum Gasteiger partial charge on any atom is 0.296 e. The molecule has 0 radical (unpaired) electrons. The van der Waals surface area contributed by atoms with Crippen molar-refractivity contribution in [1.29, 1.82) is 0 Å². The first-order valence-corrected chi connectivity index (χ1v) is 17.6. The first-order chi connectivity index (χ1) is 23.8. The maximum absolute atomic E-state index is 12.4. The molecule has 0 saturated carbocycles. The van der Waals surface area contributed by atoms with E-state index >= 15 is 0 Å². The quantitative estimate of drug-likeness (QED) is 0.0155. The van der Waals surface area contributed by atoms with Crippen molar-refractivity contribution in [3.05, 3.63) is 107 Å². The van der Waals surface area contributed by atoms with Crippen LogP contribution in [0.1, 0.15) is 11.1 Å². The summed E-state index contributed by atoms with van der Waals surface area (Å²) in [6.07, 6.45) is 2.73. The lowest BCUT2D eigenvalue weighted by atomic mass is 10.1. The number of rotatable bonds is 12. The van der Waals surface area contributed by atoms with Gasteiger partial charge < -0.3 is 15.6 Å². The molecule has 0 heterocycles. The van der Waals surface area contributed by atoms with Gasteiger partial charge in [0.15, 0.2) is 5.75 Å². The van der Waals surface area contributed by atoms with Crippen molar-refractivity contribution in [3.63, 3.8) is 0 Å². The number of nitrogens with zero attached hydrogens (tertiary/aromatic N) is 4. The van der Waals surface area contributed by atoms with Crippen LogP contribution in [0.3, 0.4) is 0 Å². The largest absolute Gasteiger partial charge is 0.594 e. The number of hydrogen-bond donors (Lipinski definition) is 5. The Labute approximate surface area is 288 Å². The van der Waals surface area contributed by atoms with E-state index in [1.165, 1.54) is 55.6 Å². The minimum Gasteiger partial charge on any atom is -0.594 e. The number of benzene rings is 5. The summed E-state index contributed by atoms with van der Waals surface area (Å²) in [7, 11) is -8.55. The molecule has 5 aromatic rings. The number of anilines is 2.